The first-order valence-electron chi connectivity index (χ1n) is 4.52. The molecule has 0 amide bonds. The molecule has 0 radical (unpaired) electrons. The van der Waals surface area contributed by atoms with Crippen LogP contribution in [0.1, 0.15) is 12.5 Å². The van der Waals surface area contributed by atoms with E-state index in [0.29, 0.717) is 10.5 Å². The molecule has 0 aliphatic heterocycles. The number of rotatable bonds is 2. The van der Waals surface area contributed by atoms with Gasteiger partial charge in [-0.25, -0.2) is 5.10 Å². The molecule has 16 heavy (non-hydrogen) atoms. The Hall–Kier alpha value is -2.02. The average Bonchev–Trinajstić information content (AvgIpc) is 2.75. The molecule has 0 spiro atoms. The molecule has 2 aromatic rings. The van der Waals surface area contributed by atoms with Crippen molar-refractivity contribution < 1.29 is 5.21 Å². The van der Waals surface area contributed by atoms with Gasteiger partial charge in [-0.2, -0.15) is 4.68 Å². The van der Waals surface area contributed by atoms with Crippen molar-refractivity contribution in [3.63, 3.8) is 0 Å². The van der Waals surface area contributed by atoms with Crippen LogP contribution in [0.3, 0.4) is 0 Å². The number of oxime groups is 1. The molecule has 2 N–H and O–H groups in total. The van der Waals surface area contributed by atoms with Crippen LogP contribution in [0.2, 0.25) is 0 Å². The molecular weight excluding hydrogens is 226 g/mol. The van der Waals surface area contributed by atoms with E-state index in [4.69, 9.17) is 17.4 Å². The number of hydrogen-bond donors (Lipinski definition) is 2. The van der Waals surface area contributed by atoms with E-state index in [9.17, 15) is 0 Å². The van der Waals surface area contributed by atoms with Crippen molar-refractivity contribution >= 4 is 17.9 Å². The first-order chi connectivity index (χ1) is 7.72. The topological polar surface area (TPSA) is 79.1 Å². The minimum atomic E-state index is 0.431. The van der Waals surface area contributed by atoms with Crippen LogP contribution in [0, 0.1) is 4.77 Å². The van der Waals surface area contributed by atoms with Crippen molar-refractivity contribution in [2.75, 3.05) is 0 Å². The smallest absolute Gasteiger partial charge is 0.218 e. The zero-order chi connectivity index (χ0) is 11.5. The number of aromatic amines is 1. The van der Waals surface area contributed by atoms with Gasteiger partial charge in [-0.3, -0.25) is 0 Å². The third-order valence-corrected chi connectivity index (χ3v) is 2.42. The molecular formula is C9H9N5OS. The predicted octanol–water partition coefficient (Wildman–Crippen LogP) is 1.52. The van der Waals surface area contributed by atoms with E-state index in [-0.39, 0.29) is 0 Å². The lowest BCUT2D eigenvalue weighted by Crippen LogP contribution is -1.99. The largest absolute Gasteiger partial charge is 0.411 e. The van der Waals surface area contributed by atoms with Gasteiger partial charge in [-0.15, -0.1) is 0 Å². The van der Waals surface area contributed by atoms with Crippen LogP contribution in [-0.2, 0) is 0 Å². The minimum Gasteiger partial charge on any atom is -0.411 e. The maximum atomic E-state index is 8.62. The summed E-state index contributed by atoms with van der Waals surface area (Å²) in [7, 11) is 0. The van der Waals surface area contributed by atoms with Gasteiger partial charge in [0.1, 0.15) is 0 Å². The van der Waals surface area contributed by atoms with Gasteiger partial charge in [0.25, 0.3) is 0 Å². The number of tetrazole rings is 1. The lowest BCUT2D eigenvalue weighted by Gasteiger charge is -2.01. The zero-order valence-electron chi connectivity index (χ0n) is 8.45. The molecule has 7 heteroatoms. The van der Waals surface area contributed by atoms with E-state index in [2.05, 4.69) is 20.7 Å². The Balaban J connectivity index is 2.41. The average molecular weight is 235 g/mol. The minimum absolute atomic E-state index is 0.431. The van der Waals surface area contributed by atoms with Crippen molar-refractivity contribution in [1.82, 2.24) is 20.2 Å². The van der Waals surface area contributed by atoms with Gasteiger partial charge in [0.2, 0.25) is 4.77 Å². The fourth-order valence-corrected chi connectivity index (χ4v) is 1.45. The Kier molecular flexibility index (Phi) is 2.78. The molecule has 2 rings (SSSR count). The lowest BCUT2D eigenvalue weighted by molar-refractivity contribution is 0.319. The van der Waals surface area contributed by atoms with Gasteiger partial charge in [-0.05, 0) is 47.3 Å². The Morgan fingerprint density at radius 3 is 2.62 bits per heavy atom. The third kappa shape index (κ3) is 1.84. The Labute approximate surface area is 96.2 Å². The van der Waals surface area contributed by atoms with Gasteiger partial charge in [0.15, 0.2) is 0 Å². The third-order valence-electron chi connectivity index (χ3n) is 2.15. The number of aromatic nitrogens is 4. The SMILES string of the molecule is CC(=NO)c1ccc(-n2nn[nH]c2=S)cc1. The Bertz CT molecular complexity index is 568. The quantitative estimate of drug-likeness (QED) is 0.358. The van der Waals surface area contributed by atoms with Crippen LogP contribution in [0.5, 0.6) is 0 Å². The number of nitrogens with zero attached hydrogens (tertiary/aromatic N) is 4. The van der Waals surface area contributed by atoms with E-state index in [1.807, 2.05) is 24.3 Å². The van der Waals surface area contributed by atoms with Crippen molar-refractivity contribution in [1.29, 1.82) is 0 Å². The zero-order valence-corrected chi connectivity index (χ0v) is 9.27. The van der Waals surface area contributed by atoms with Crippen molar-refractivity contribution in [2.45, 2.75) is 6.92 Å². The lowest BCUT2D eigenvalue weighted by atomic mass is 10.1. The van der Waals surface area contributed by atoms with Crippen LogP contribution < -0.4 is 0 Å². The van der Waals surface area contributed by atoms with Gasteiger partial charge in [0.05, 0.1) is 11.4 Å². The highest BCUT2D eigenvalue weighted by molar-refractivity contribution is 7.71. The van der Waals surface area contributed by atoms with Gasteiger partial charge < -0.3 is 5.21 Å². The highest BCUT2D eigenvalue weighted by atomic mass is 32.1. The van der Waals surface area contributed by atoms with Crippen molar-refractivity contribution in [3.05, 3.63) is 34.6 Å². The molecule has 0 atom stereocenters. The Morgan fingerprint density at radius 2 is 2.12 bits per heavy atom. The second-order valence-corrected chi connectivity index (χ2v) is 3.54. The van der Waals surface area contributed by atoms with Crippen LogP contribution in [0.25, 0.3) is 5.69 Å². The van der Waals surface area contributed by atoms with Crippen LogP contribution >= 0.6 is 12.2 Å². The molecule has 0 bridgehead atoms. The molecule has 1 aromatic heterocycles. The molecule has 0 aliphatic rings. The van der Waals surface area contributed by atoms with E-state index in [1.165, 1.54) is 4.68 Å². The molecule has 0 saturated heterocycles. The number of benzene rings is 1. The molecule has 1 aromatic carbocycles. The summed E-state index contributed by atoms with van der Waals surface area (Å²) in [5.74, 6) is 0. The second kappa shape index (κ2) is 4.23. The summed E-state index contributed by atoms with van der Waals surface area (Å²) in [5, 5.41) is 21.7. The molecule has 1 heterocycles. The van der Waals surface area contributed by atoms with Gasteiger partial charge in [-0.1, -0.05) is 17.3 Å². The number of nitrogens with one attached hydrogen (secondary N) is 1. The summed E-state index contributed by atoms with van der Waals surface area (Å²) < 4.78 is 1.94. The van der Waals surface area contributed by atoms with E-state index >= 15 is 0 Å². The maximum absolute atomic E-state index is 8.62. The highest BCUT2D eigenvalue weighted by Crippen LogP contribution is 2.09. The number of H-pyrrole nitrogens is 1. The van der Waals surface area contributed by atoms with Crippen molar-refractivity contribution in [2.24, 2.45) is 5.16 Å². The molecule has 0 saturated carbocycles. The highest BCUT2D eigenvalue weighted by Gasteiger charge is 2.02. The predicted molar refractivity (Wildman–Crippen MR) is 60.5 cm³/mol. The van der Waals surface area contributed by atoms with Gasteiger partial charge >= 0.3 is 0 Å². The summed E-state index contributed by atoms with van der Waals surface area (Å²) >= 11 is 4.99. The second-order valence-electron chi connectivity index (χ2n) is 3.15. The fourth-order valence-electron chi connectivity index (χ4n) is 1.27. The van der Waals surface area contributed by atoms with E-state index < -0.39 is 0 Å². The number of hydrogen-bond acceptors (Lipinski definition) is 5. The monoisotopic (exact) mass is 235 g/mol. The molecule has 0 aliphatic carbocycles. The standard InChI is InChI=1S/C9H9N5OS/c1-6(11-15)7-2-4-8(5-3-7)14-9(16)10-12-13-14/h2-5,15H,1H3,(H,10,13,16). The summed E-state index contributed by atoms with van der Waals surface area (Å²) in [6.45, 7) is 1.72. The first kappa shape index (κ1) is 10.5. The Morgan fingerprint density at radius 1 is 1.44 bits per heavy atom. The summed E-state index contributed by atoms with van der Waals surface area (Å²) in [6.07, 6.45) is 0. The molecule has 6 nitrogen and oxygen atoms in total. The van der Waals surface area contributed by atoms with Crippen LogP contribution in [0.4, 0.5) is 0 Å². The summed E-state index contributed by atoms with van der Waals surface area (Å²) in [4.78, 5) is 0. The normalized spacial score (nSPS) is 11.7. The van der Waals surface area contributed by atoms with Crippen molar-refractivity contribution in [3.8, 4) is 5.69 Å². The van der Waals surface area contributed by atoms with E-state index in [0.717, 1.165) is 11.3 Å². The first-order valence-corrected chi connectivity index (χ1v) is 4.93. The van der Waals surface area contributed by atoms with Crippen LogP contribution in [-0.4, -0.2) is 31.1 Å². The summed E-state index contributed by atoms with van der Waals surface area (Å²) in [6, 6.07) is 7.28. The fraction of sp³-hybridized carbons (Fsp3) is 0.111. The molecule has 82 valence electrons. The van der Waals surface area contributed by atoms with E-state index in [1.54, 1.807) is 6.92 Å². The van der Waals surface area contributed by atoms with Crippen LogP contribution in [0.15, 0.2) is 29.4 Å². The molecule has 0 unspecified atom stereocenters. The molecule has 0 fully saturated rings. The maximum Gasteiger partial charge on any atom is 0.218 e. The summed E-state index contributed by atoms with van der Waals surface area (Å²) in [5.41, 5.74) is 2.19. The van der Waals surface area contributed by atoms with Gasteiger partial charge in [0, 0.05) is 0 Å².